The maximum absolute atomic E-state index is 12.8. The Morgan fingerprint density at radius 1 is 1.15 bits per heavy atom. The first kappa shape index (κ1) is 33.8. The van der Waals surface area contributed by atoms with Gasteiger partial charge < -0.3 is 35.2 Å². The summed E-state index contributed by atoms with van der Waals surface area (Å²) in [5, 5.41) is 16.1. The number of likely N-dealkylation sites (tertiary alicyclic amines) is 1. The lowest BCUT2D eigenvalue weighted by Gasteiger charge is -2.30. The molecular formula is C25H41BN4O9S. The fourth-order valence-electron chi connectivity index (χ4n) is 4.56. The van der Waals surface area contributed by atoms with Gasteiger partial charge >= 0.3 is 6.09 Å². The second kappa shape index (κ2) is 18.2. The molecular weight excluding hydrogens is 543 g/mol. The second-order valence-electron chi connectivity index (χ2n) is 9.77. The van der Waals surface area contributed by atoms with Gasteiger partial charge in [-0.25, -0.2) is 4.79 Å². The van der Waals surface area contributed by atoms with E-state index in [4.69, 9.17) is 22.2 Å². The molecule has 2 rings (SSSR count). The molecule has 2 radical (unpaired) electrons. The van der Waals surface area contributed by atoms with Crippen molar-refractivity contribution in [2.24, 2.45) is 11.8 Å². The van der Waals surface area contributed by atoms with Crippen LogP contribution in [0.5, 0.6) is 0 Å². The molecule has 0 aromatic heterocycles. The number of rotatable bonds is 17. The van der Waals surface area contributed by atoms with Gasteiger partial charge in [0.05, 0.1) is 18.0 Å². The lowest BCUT2D eigenvalue weighted by atomic mass is 9.81. The second-order valence-corrected chi connectivity index (χ2v) is 11.1. The normalized spacial score (nSPS) is 22.5. The van der Waals surface area contributed by atoms with E-state index < -0.39 is 23.7 Å². The monoisotopic (exact) mass is 584 g/mol. The van der Waals surface area contributed by atoms with Gasteiger partial charge in [0.2, 0.25) is 31.6 Å². The van der Waals surface area contributed by atoms with Crippen LogP contribution in [0.25, 0.3) is 0 Å². The van der Waals surface area contributed by atoms with Crippen LogP contribution in [0.4, 0.5) is 4.79 Å². The smallest absolute Gasteiger partial charge is 0.407 e. The molecule has 2 fully saturated rings. The predicted octanol–water partition coefficient (Wildman–Crippen LogP) is -0.154. The summed E-state index contributed by atoms with van der Waals surface area (Å²) in [6.07, 6.45) is 1.68. The Morgan fingerprint density at radius 2 is 1.88 bits per heavy atom. The third-order valence-electron chi connectivity index (χ3n) is 6.98. The maximum atomic E-state index is 12.8. The number of carbonyl (C=O) groups excluding carboxylic acids is 5. The van der Waals surface area contributed by atoms with Gasteiger partial charge in [-0.05, 0) is 38.0 Å². The lowest BCUT2D eigenvalue weighted by Crippen LogP contribution is -2.38. The highest BCUT2D eigenvalue weighted by Crippen LogP contribution is 2.32. The number of nitrogens with zero attached hydrogens (tertiary/aromatic N) is 1. The molecule has 2 aliphatic rings. The van der Waals surface area contributed by atoms with E-state index in [0.717, 1.165) is 12.8 Å². The Labute approximate surface area is 240 Å². The number of ether oxygens (including phenoxy) is 3. The zero-order chi connectivity index (χ0) is 29.5. The van der Waals surface area contributed by atoms with Crippen molar-refractivity contribution in [3.63, 3.8) is 0 Å². The third-order valence-corrected chi connectivity index (χ3v) is 8.19. The minimum Gasteiger partial charge on any atom is -0.444 e. The molecule has 13 nitrogen and oxygen atoms in total. The largest absolute Gasteiger partial charge is 0.444 e. The molecule has 0 spiro atoms. The topological polar surface area (TPSA) is 173 Å². The summed E-state index contributed by atoms with van der Waals surface area (Å²) in [6.45, 7) is 2.25. The van der Waals surface area contributed by atoms with E-state index in [0.29, 0.717) is 38.1 Å². The van der Waals surface area contributed by atoms with Crippen LogP contribution in [-0.4, -0.2) is 111 Å². The van der Waals surface area contributed by atoms with E-state index in [9.17, 15) is 29.1 Å². The Balaban J connectivity index is 1.57. The molecule has 0 aromatic carbocycles. The van der Waals surface area contributed by atoms with E-state index in [2.05, 4.69) is 15.9 Å². The molecule has 15 heteroatoms. The van der Waals surface area contributed by atoms with Crippen LogP contribution in [0.2, 0.25) is 0 Å². The van der Waals surface area contributed by atoms with E-state index in [1.807, 2.05) is 6.92 Å². The highest BCUT2D eigenvalue weighted by molar-refractivity contribution is 8.00. The molecule has 0 bridgehead atoms. The standard InChI is InChI=1S/C25H41BN4O9S/c1-3-18(14-31)39-22(37-2)15-38-25(36)28-9-8-20(32)27-10-11-40-19-12-21(33)30(24(19)35)13-16-4-6-17(7-5-16)23(34)29-26/h16-19,22,31H,3-15H2,1-2H3,(H,27,32)(H,28,36)(H,29,34). The van der Waals surface area contributed by atoms with Crippen LogP contribution in [-0.2, 0) is 33.4 Å². The summed E-state index contributed by atoms with van der Waals surface area (Å²) in [7, 11) is 6.60. The third kappa shape index (κ3) is 11.3. The van der Waals surface area contributed by atoms with Crippen molar-refractivity contribution in [1.82, 2.24) is 20.8 Å². The first-order valence-corrected chi connectivity index (χ1v) is 14.7. The van der Waals surface area contributed by atoms with Gasteiger partial charge in [0.1, 0.15) is 6.61 Å². The average Bonchev–Trinajstić information content (AvgIpc) is 3.22. The van der Waals surface area contributed by atoms with Gasteiger partial charge in [-0.2, -0.15) is 0 Å². The summed E-state index contributed by atoms with van der Waals surface area (Å²) in [4.78, 5) is 62.1. The number of amides is 5. The molecule has 1 saturated carbocycles. The van der Waals surface area contributed by atoms with Crippen molar-refractivity contribution >= 4 is 49.5 Å². The molecule has 1 aliphatic heterocycles. The van der Waals surface area contributed by atoms with E-state index in [1.165, 1.54) is 23.8 Å². The Morgan fingerprint density at radius 3 is 2.50 bits per heavy atom. The zero-order valence-corrected chi connectivity index (χ0v) is 24.0. The molecule has 1 saturated heterocycles. The van der Waals surface area contributed by atoms with E-state index >= 15 is 0 Å². The number of thioether (sulfide) groups is 1. The first-order chi connectivity index (χ1) is 19.2. The quantitative estimate of drug-likeness (QED) is 0.0780. The number of nitrogens with one attached hydrogen (secondary N) is 3. The molecule has 5 amide bonds. The molecule has 224 valence electrons. The summed E-state index contributed by atoms with van der Waals surface area (Å²) < 4.78 is 15.5. The average molecular weight is 585 g/mol. The van der Waals surface area contributed by atoms with E-state index in [-0.39, 0.29) is 68.1 Å². The van der Waals surface area contributed by atoms with Crippen molar-refractivity contribution in [2.45, 2.75) is 69.5 Å². The highest BCUT2D eigenvalue weighted by Gasteiger charge is 2.40. The molecule has 3 atom stereocenters. The summed E-state index contributed by atoms with van der Waals surface area (Å²) in [6, 6.07) is 0. The van der Waals surface area contributed by atoms with Gasteiger partial charge in [0.15, 0.2) is 6.29 Å². The lowest BCUT2D eigenvalue weighted by molar-refractivity contribution is -0.181. The van der Waals surface area contributed by atoms with Gasteiger partial charge in [0, 0.05) is 51.3 Å². The summed E-state index contributed by atoms with van der Waals surface area (Å²) in [5.41, 5.74) is 0. The number of aliphatic hydroxyl groups is 1. The predicted molar refractivity (Wildman–Crippen MR) is 147 cm³/mol. The molecule has 1 aliphatic carbocycles. The van der Waals surface area contributed by atoms with Crippen molar-refractivity contribution in [3.8, 4) is 0 Å². The maximum Gasteiger partial charge on any atom is 0.407 e. The SMILES string of the molecule is [B]NC(=O)C1CCC(CN2C(=O)CC(SCCNC(=O)CCNC(=O)OCC(OC)OC(CC)CO)C2=O)CC1. The fourth-order valence-corrected chi connectivity index (χ4v) is 5.59. The molecule has 3 unspecified atom stereocenters. The molecule has 40 heavy (non-hydrogen) atoms. The van der Waals surface area contributed by atoms with Crippen LogP contribution < -0.4 is 15.9 Å². The number of alkyl carbamates (subject to hydrolysis) is 1. The van der Waals surface area contributed by atoms with Gasteiger partial charge in [-0.15, -0.1) is 11.8 Å². The Hall–Kier alpha value is -2.36. The zero-order valence-electron chi connectivity index (χ0n) is 23.2. The fraction of sp³-hybridized carbons (Fsp3) is 0.800. The minimum absolute atomic E-state index is 0.0379. The highest BCUT2D eigenvalue weighted by atomic mass is 32.2. The van der Waals surface area contributed by atoms with Crippen LogP contribution in [0, 0.1) is 11.8 Å². The number of hydrogen-bond donors (Lipinski definition) is 4. The summed E-state index contributed by atoms with van der Waals surface area (Å²) in [5.74, 6) is -0.309. The van der Waals surface area contributed by atoms with Crippen LogP contribution in [0.3, 0.4) is 0 Å². The Bertz CT molecular complexity index is 856. The van der Waals surface area contributed by atoms with Crippen molar-refractivity contribution in [1.29, 1.82) is 0 Å². The molecule has 1 heterocycles. The van der Waals surface area contributed by atoms with Crippen LogP contribution in [0.15, 0.2) is 0 Å². The number of hydrogen-bond acceptors (Lipinski definition) is 10. The molecule has 0 aromatic rings. The van der Waals surface area contributed by atoms with Crippen molar-refractivity contribution in [2.75, 3.05) is 45.7 Å². The van der Waals surface area contributed by atoms with Crippen molar-refractivity contribution in [3.05, 3.63) is 0 Å². The van der Waals surface area contributed by atoms with Crippen molar-refractivity contribution < 1.29 is 43.3 Å². The minimum atomic E-state index is -0.816. The number of methoxy groups -OCH3 is 1. The number of imide groups is 1. The van der Waals surface area contributed by atoms with Gasteiger partial charge in [-0.3, -0.25) is 24.1 Å². The summed E-state index contributed by atoms with van der Waals surface area (Å²) >= 11 is 1.34. The first-order valence-electron chi connectivity index (χ1n) is 13.6. The van der Waals surface area contributed by atoms with Crippen LogP contribution >= 0.6 is 11.8 Å². The number of carbonyl (C=O) groups is 5. The van der Waals surface area contributed by atoms with Crippen LogP contribution in [0.1, 0.15) is 51.9 Å². The van der Waals surface area contributed by atoms with Gasteiger partial charge in [-0.1, -0.05) is 6.92 Å². The van der Waals surface area contributed by atoms with E-state index in [1.54, 1.807) is 0 Å². The number of aliphatic hydroxyl groups excluding tert-OH is 1. The Kier molecular flexibility index (Phi) is 15.4. The molecule has 4 N–H and O–H groups in total. The van der Waals surface area contributed by atoms with Gasteiger partial charge in [0.25, 0.3) is 0 Å².